The SMILES string of the molecule is COC(=O)[C@H]1CC[C@H](OC(O)(C(=O)OC(C)(C)C)N2CCCC2)CC1. The molecule has 1 atom stereocenters. The summed E-state index contributed by atoms with van der Waals surface area (Å²) >= 11 is 0. The van der Waals surface area contributed by atoms with Crippen LogP contribution in [0.1, 0.15) is 59.3 Å². The number of rotatable bonds is 5. The normalized spacial score (nSPS) is 27.6. The third-order valence-corrected chi connectivity index (χ3v) is 4.74. The molecule has 7 heteroatoms. The fourth-order valence-electron chi connectivity index (χ4n) is 3.43. The maximum Gasteiger partial charge on any atom is 0.384 e. The van der Waals surface area contributed by atoms with Gasteiger partial charge in [-0.15, -0.1) is 0 Å². The first kappa shape index (κ1) is 20.1. The summed E-state index contributed by atoms with van der Waals surface area (Å²) < 4.78 is 16.1. The van der Waals surface area contributed by atoms with Crippen molar-refractivity contribution in [1.29, 1.82) is 0 Å². The van der Waals surface area contributed by atoms with E-state index in [0.717, 1.165) is 12.8 Å². The highest BCUT2D eigenvalue weighted by atomic mass is 16.7. The van der Waals surface area contributed by atoms with Gasteiger partial charge in [0.25, 0.3) is 0 Å². The van der Waals surface area contributed by atoms with E-state index >= 15 is 0 Å². The fraction of sp³-hybridized carbons (Fsp3) is 0.889. The molecule has 1 N–H and O–H groups in total. The summed E-state index contributed by atoms with van der Waals surface area (Å²) in [5, 5.41) is 11.1. The van der Waals surface area contributed by atoms with Crippen LogP contribution in [0.5, 0.6) is 0 Å². The van der Waals surface area contributed by atoms with Crippen molar-refractivity contribution in [3.8, 4) is 0 Å². The number of ether oxygens (including phenoxy) is 3. The van der Waals surface area contributed by atoms with Gasteiger partial charge in [0.1, 0.15) is 5.60 Å². The molecule has 1 saturated heterocycles. The Morgan fingerprint density at radius 1 is 1.04 bits per heavy atom. The molecule has 1 heterocycles. The molecular weight excluding hydrogens is 326 g/mol. The lowest BCUT2D eigenvalue weighted by Crippen LogP contribution is -2.59. The summed E-state index contributed by atoms with van der Waals surface area (Å²) in [6, 6.07) is 0. The smallest absolute Gasteiger partial charge is 0.384 e. The number of likely N-dealkylation sites (tertiary alicyclic amines) is 1. The second kappa shape index (κ2) is 8.01. The molecule has 7 nitrogen and oxygen atoms in total. The second-order valence-electron chi connectivity index (χ2n) is 7.92. The third-order valence-electron chi connectivity index (χ3n) is 4.74. The first-order valence-electron chi connectivity index (χ1n) is 9.12. The number of carbonyl (C=O) groups excluding carboxylic acids is 2. The van der Waals surface area contributed by atoms with Crippen LogP contribution in [-0.2, 0) is 23.8 Å². The maximum atomic E-state index is 12.6. The monoisotopic (exact) mass is 357 g/mol. The molecule has 0 aromatic rings. The predicted octanol–water partition coefficient (Wildman–Crippen LogP) is 1.82. The highest BCUT2D eigenvalue weighted by Crippen LogP contribution is 2.32. The molecule has 0 aromatic heterocycles. The van der Waals surface area contributed by atoms with Crippen LogP contribution in [0.3, 0.4) is 0 Å². The summed E-state index contributed by atoms with van der Waals surface area (Å²) in [5.41, 5.74) is -0.712. The molecule has 0 bridgehead atoms. The van der Waals surface area contributed by atoms with Gasteiger partial charge in [-0.05, 0) is 59.3 Å². The van der Waals surface area contributed by atoms with Gasteiger partial charge in [-0.3, -0.25) is 4.79 Å². The topological polar surface area (TPSA) is 85.3 Å². The average molecular weight is 357 g/mol. The molecule has 1 aliphatic carbocycles. The van der Waals surface area contributed by atoms with Crippen LogP contribution >= 0.6 is 0 Å². The Morgan fingerprint density at radius 3 is 2.08 bits per heavy atom. The Bertz CT molecular complexity index is 474. The van der Waals surface area contributed by atoms with Crippen molar-refractivity contribution in [3.63, 3.8) is 0 Å². The summed E-state index contributed by atoms with van der Waals surface area (Å²) in [5.74, 6) is -3.17. The lowest BCUT2D eigenvalue weighted by molar-refractivity contribution is -0.308. The van der Waals surface area contributed by atoms with Gasteiger partial charge in [-0.2, -0.15) is 0 Å². The minimum absolute atomic E-state index is 0.133. The molecule has 2 rings (SSSR count). The Kier molecular flexibility index (Phi) is 6.45. The van der Waals surface area contributed by atoms with E-state index in [1.807, 2.05) is 0 Å². The van der Waals surface area contributed by atoms with Gasteiger partial charge in [0.15, 0.2) is 0 Å². The summed E-state index contributed by atoms with van der Waals surface area (Å²) in [7, 11) is 1.39. The van der Waals surface area contributed by atoms with Crippen molar-refractivity contribution in [1.82, 2.24) is 4.90 Å². The van der Waals surface area contributed by atoms with Crippen molar-refractivity contribution in [2.24, 2.45) is 5.92 Å². The van der Waals surface area contributed by atoms with E-state index in [9.17, 15) is 14.7 Å². The van der Waals surface area contributed by atoms with Crippen molar-refractivity contribution >= 4 is 11.9 Å². The molecule has 0 aromatic carbocycles. The van der Waals surface area contributed by atoms with Gasteiger partial charge in [0, 0.05) is 13.1 Å². The lowest BCUT2D eigenvalue weighted by Gasteiger charge is -2.39. The van der Waals surface area contributed by atoms with E-state index in [0.29, 0.717) is 38.8 Å². The van der Waals surface area contributed by atoms with Crippen molar-refractivity contribution < 1.29 is 28.9 Å². The van der Waals surface area contributed by atoms with Crippen LogP contribution in [0.4, 0.5) is 0 Å². The Balaban J connectivity index is 2.04. The van der Waals surface area contributed by atoms with Gasteiger partial charge in [-0.1, -0.05) is 0 Å². The van der Waals surface area contributed by atoms with Gasteiger partial charge < -0.3 is 19.3 Å². The Hall–Kier alpha value is -1.18. The zero-order valence-electron chi connectivity index (χ0n) is 15.7. The molecule has 0 spiro atoms. The first-order valence-corrected chi connectivity index (χ1v) is 9.12. The minimum atomic E-state index is -2.06. The molecule has 0 amide bonds. The van der Waals surface area contributed by atoms with E-state index in [1.165, 1.54) is 7.11 Å². The number of hydrogen-bond donors (Lipinski definition) is 1. The van der Waals surface area contributed by atoms with Gasteiger partial charge in [0.05, 0.1) is 19.1 Å². The number of esters is 2. The molecule has 144 valence electrons. The quantitative estimate of drug-likeness (QED) is 0.593. The number of hydrogen-bond acceptors (Lipinski definition) is 7. The molecule has 1 aliphatic heterocycles. The largest absolute Gasteiger partial charge is 0.469 e. The number of carbonyl (C=O) groups is 2. The molecule has 1 unspecified atom stereocenters. The highest BCUT2D eigenvalue weighted by Gasteiger charge is 2.50. The molecule has 0 radical (unpaired) electrons. The number of methoxy groups -OCH3 is 1. The van der Waals surface area contributed by atoms with E-state index in [1.54, 1.807) is 25.7 Å². The van der Waals surface area contributed by atoms with Crippen molar-refractivity contribution in [2.45, 2.75) is 76.9 Å². The van der Waals surface area contributed by atoms with Crippen LogP contribution in [0, 0.1) is 5.92 Å². The van der Waals surface area contributed by atoms with E-state index in [2.05, 4.69) is 0 Å². The van der Waals surface area contributed by atoms with Gasteiger partial charge >= 0.3 is 17.8 Å². The summed E-state index contributed by atoms with van der Waals surface area (Å²) in [6.07, 6.45) is 3.97. The third kappa shape index (κ3) is 5.15. The average Bonchev–Trinajstić information content (AvgIpc) is 3.08. The summed E-state index contributed by atoms with van der Waals surface area (Å²) in [4.78, 5) is 25.9. The van der Waals surface area contributed by atoms with Crippen molar-refractivity contribution in [2.75, 3.05) is 20.2 Å². The highest BCUT2D eigenvalue weighted by molar-refractivity contribution is 5.77. The standard InChI is InChI=1S/C18H31NO6/c1-17(2,3)25-16(21)18(22,19-11-5-6-12-19)24-14-9-7-13(8-10-14)15(20)23-4/h13-14,22H,5-12H2,1-4H3/t13-,14-,18?. The maximum absolute atomic E-state index is 12.6. The molecule has 25 heavy (non-hydrogen) atoms. The zero-order valence-corrected chi connectivity index (χ0v) is 15.7. The lowest BCUT2D eigenvalue weighted by atomic mass is 9.87. The van der Waals surface area contributed by atoms with E-state index in [-0.39, 0.29) is 18.0 Å². The first-order chi connectivity index (χ1) is 11.7. The van der Waals surface area contributed by atoms with Crippen LogP contribution in [0.2, 0.25) is 0 Å². The van der Waals surface area contributed by atoms with Gasteiger partial charge in [-0.25, -0.2) is 9.69 Å². The van der Waals surface area contributed by atoms with Crippen LogP contribution in [-0.4, -0.2) is 59.8 Å². The fourth-order valence-corrected chi connectivity index (χ4v) is 3.43. The number of nitrogens with zero attached hydrogens (tertiary/aromatic N) is 1. The Labute approximate surface area is 149 Å². The minimum Gasteiger partial charge on any atom is -0.469 e. The molecular formula is C18H31NO6. The van der Waals surface area contributed by atoms with E-state index in [4.69, 9.17) is 14.2 Å². The van der Waals surface area contributed by atoms with E-state index < -0.39 is 17.5 Å². The molecule has 2 aliphatic rings. The molecule has 1 saturated carbocycles. The van der Waals surface area contributed by atoms with Crippen LogP contribution in [0.15, 0.2) is 0 Å². The van der Waals surface area contributed by atoms with Gasteiger partial charge in [0.2, 0.25) is 0 Å². The van der Waals surface area contributed by atoms with Crippen LogP contribution < -0.4 is 0 Å². The van der Waals surface area contributed by atoms with Crippen LogP contribution in [0.25, 0.3) is 0 Å². The van der Waals surface area contributed by atoms with Crippen molar-refractivity contribution in [3.05, 3.63) is 0 Å². The summed E-state index contributed by atoms with van der Waals surface area (Å²) in [6.45, 7) is 6.46. The number of aliphatic hydroxyl groups is 1. The molecule has 2 fully saturated rings. The zero-order chi connectivity index (χ0) is 18.7. The Morgan fingerprint density at radius 2 is 1.60 bits per heavy atom. The second-order valence-corrected chi connectivity index (χ2v) is 7.92. The predicted molar refractivity (Wildman–Crippen MR) is 90.4 cm³/mol.